The molecule has 0 aliphatic carbocycles. The number of aromatic amines is 1. The van der Waals surface area contributed by atoms with Crippen LogP contribution in [0.4, 0.5) is 5.69 Å². The van der Waals surface area contributed by atoms with Gasteiger partial charge in [0, 0.05) is 29.3 Å². The first-order chi connectivity index (χ1) is 22.2. The third kappa shape index (κ3) is 7.93. The highest BCUT2D eigenvalue weighted by molar-refractivity contribution is 7.99. The van der Waals surface area contributed by atoms with Gasteiger partial charge in [-0.15, -0.1) is 0 Å². The highest BCUT2D eigenvalue weighted by Gasteiger charge is 2.39. The van der Waals surface area contributed by atoms with Gasteiger partial charge in [-0.3, -0.25) is 10.1 Å². The predicted octanol–water partition coefficient (Wildman–Crippen LogP) is 5.21. The van der Waals surface area contributed by atoms with Crippen molar-refractivity contribution in [1.82, 2.24) is 15.3 Å². The Bertz CT molecular complexity index is 1670. The van der Waals surface area contributed by atoms with Crippen molar-refractivity contribution < 1.29 is 38.3 Å². The second kappa shape index (κ2) is 15.8. The van der Waals surface area contributed by atoms with E-state index in [2.05, 4.69) is 15.3 Å². The molecule has 4 rings (SSSR count). The number of hydrogen-bond donors (Lipinski definition) is 2. The number of carbonyl (C=O) groups is 3. The summed E-state index contributed by atoms with van der Waals surface area (Å²) >= 11 is 1.18. The van der Waals surface area contributed by atoms with Gasteiger partial charge >= 0.3 is 17.9 Å². The Labute approximate surface area is 269 Å². The SMILES string of the molecule is CCOC(=O)C1=C(C)NC(CSc2nc(COc3ccccc3)c(C(=O)OCC)[nH]2)=C(C(=O)OCC)C1c1cccc([N+](=O)[O-])c1. The number of thioether (sulfide) groups is 1. The molecule has 1 aliphatic heterocycles. The molecule has 2 aromatic carbocycles. The number of aromatic nitrogens is 2. The van der Waals surface area contributed by atoms with Crippen LogP contribution in [0.25, 0.3) is 0 Å². The molecule has 0 spiro atoms. The lowest BCUT2D eigenvalue weighted by Crippen LogP contribution is -2.34. The Morgan fingerprint density at radius 1 is 0.913 bits per heavy atom. The number of rotatable bonds is 14. The van der Waals surface area contributed by atoms with Crippen molar-refractivity contribution in [2.24, 2.45) is 0 Å². The van der Waals surface area contributed by atoms with Crippen LogP contribution >= 0.6 is 11.8 Å². The molecule has 2 N–H and O–H groups in total. The average molecular weight is 651 g/mol. The summed E-state index contributed by atoms with van der Waals surface area (Å²) < 4.78 is 21.8. The van der Waals surface area contributed by atoms with E-state index in [0.29, 0.717) is 33.6 Å². The number of nitrogens with one attached hydrogen (secondary N) is 2. The van der Waals surface area contributed by atoms with Crippen LogP contribution in [0.5, 0.6) is 5.75 Å². The number of dihydropyridines is 1. The van der Waals surface area contributed by atoms with E-state index in [4.69, 9.17) is 18.9 Å². The number of non-ortho nitro benzene ring substituents is 1. The minimum absolute atomic E-state index is 0.0101. The molecule has 0 saturated heterocycles. The standard InChI is InChI=1S/C32H34N4O9S/c1-5-42-29(37)25-19(4)33-24(27(30(38)43-6-2)26(25)20-12-11-13-21(16-20)36(40)41)18-46-32-34-23(28(35-32)31(39)44-7-3)17-45-22-14-9-8-10-15-22/h8-16,26,33H,5-7,17-18H2,1-4H3,(H,34,35). The van der Waals surface area contributed by atoms with Crippen molar-refractivity contribution in [2.75, 3.05) is 25.6 Å². The molecular weight excluding hydrogens is 616 g/mol. The van der Waals surface area contributed by atoms with Crippen LogP contribution < -0.4 is 10.1 Å². The first-order valence-electron chi connectivity index (χ1n) is 14.5. The van der Waals surface area contributed by atoms with Gasteiger partial charge in [0.05, 0.1) is 41.8 Å². The van der Waals surface area contributed by atoms with Crippen LogP contribution in [0.3, 0.4) is 0 Å². The van der Waals surface area contributed by atoms with Gasteiger partial charge < -0.3 is 29.2 Å². The number of nitro groups is 1. The van der Waals surface area contributed by atoms with Crippen molar-refractivity contribution in [1.29, 1.82) is 0 Å². The van der Waals surface area contributed by atoms with Gasteiger partial charge in [0.15, 0.2) is 10.9 Å². The van der Waals surface area contributed by atoms with Gasteiger partial charge in [-0.05, 0) is 45.4 Å². The first kappa shape index (κ1) is 33.8. The lowest BCUT2D eigenvalue weighted by atomic mass is 9.80. The minimum Gasteiger partial charge on any atom is -0.487 e. The van der Waals surface area contributed by atoms with Crippen LogP contribution in [0.15, 0.2) is 82.3 Å². The van der Waals surface area contributed by atoms with E-state index in [9.17, 15) is 24.5 Å². The molecule has 14 heteroatoms. The molecule has 3 aromatic rings. The quantitative estimate of drug-likeness (QED) is 0.0768. The number of carbonyl (C=O) groups excluding carboxylic acids is 3. The normalized spacial score (nSPS) is 14.4. The third-order valence-corrected chi connectivity index (χ3v) is 7.66. The number of allylic oxidation sites excluding steroid dienone is 1. The summed E-state index contributed by atoms with van der Waals surface area (Å²) in [6, 6.07) is 14.8. The second-order valence-corrected chi connectivity index (χ2v) is 10.7. The maximum Gasteiger partial charge on any atom is 0.356 e. The molecule has 0 radical (unpaired) electrons. The number of hydrogen-bond acceptors (Lipinski definition) is 12. The summed E-state index contributed by atoms with van der Waals surface area (Å²) in [6.07, 6.45) is 0. The van der Waals surface area contributed by atoms with Gasteiger partial charge in [-0.25, -0.2) is 19.4 Å². The maximum absolute atomic E-state index is 13.6. The number of nitrogens with zero attached hydrogens (tertiary/aromatic N) is 2. The summed E-state index contributed by atoms with van der Waals surface area (Å²) in [5.41, 5.74) is 1.61. The van der Waals surface area contributed by atoms with Gasteiger partial charge in [0.1, 0.15) is 18.1 Å². The minimum atomic E-state index is -1.03. The van der Waals surface area contributed by atoms with Crippen LogP contribution in [-0.4, -0.2) is 58.4 Å². The lowest BCUT2D eigenvalue weighted by Gasteiger charge is -2.31. The fourth-order valence-corrected chi connectivity index (χ4v) is 5.69. The molecule has 46 heavy (non-hydrogen) atoms. The number of benzene rings is 2. The molecule has 1 unspecified atom stereocenters. The Hall–Kier alpha value is -5.11. The fourth-order valence-electron chi connectivity index (χ4n) is 4.83. The fraction of sp³-hybridized carbons (Fsp3) is 0.312. The topological polar surface area (TPSA) is 172 Å². The number of nitro benzene ring substituents is 1. The van der Waals surface area contributed by atoms with Crippen molar-refractivity contribution in [3.63, 3.8) is 0 Å². The zero-order valence-corrected chi connectivity index (χ0v) is 26.6. The van der Waals surface area contributed by atoms with E-state index in [-0.39, 0.29) is 54.7 Å². The third-order valence-electron chi connectivity index (χ3n) is 6.76. The summed E-state index contributed by atoms with van der Waals surface area (Å²) in [5, 5.41) is 15.1. The van der Waals surface area contributed by atoms with Gasteiger partial charge in [0.25, 0.3) is 5.69 Å². The average Bonchev–Trinajstić information content (AvgIpc) is 3.46. The van der Waals surface area contributed by atoms with Crippen molar-refractivity contribution in [3.05, 3.63) is 104 Å². The molecule has 2 heterocycles. The largest absolute Gasteiger partial charge is 0.487 e. The van der Waals surface area contributed by atoms with E-state index in [0.717, 1.165) is 0 Å². The number of imidazole rings is 1. The summed E-state index contributed by atoms with van der Waals surface area (Å²) in [5.74, 6) is -2.31. The molecule has 1 aromatic heterocycles. The van der Waals surface area contributed by atoms with Gasteiger partial charge in [-0.1, -0.05) is 42.1 Å². The molecule has 0 amide bonds. The van der Waals surface area contributed by atoms with Crippen molar-refractivity contribution in [2.45, 2.75) is 45.4 Å². The Kier molecular flexibility index (Phi) is 11.6. The predicted molar refractivity (Wildman–Crippen MR) is 168 cm³/mol. The van der Waals surface area contributed by atoms with Crippen LogP contribution in [0.1, 0.15) is 55.4 Å². The smallest absolute Gasteiger partial charge is 0.356 e. The Morgan fingerprint density at radius 2 is 1.57 bits per heavy atom. The summed E-state index contributed by atoms with van der Waals surface area (Å²) in [6.45, 7) is 6.94. The van der Waals surface area contributed by atoms with Crippen LogP contribution in [0, 0.1) is 10.1 Å². The van der Waals surface area contributed by atoms with Gasteiger partial charge in [-0.2, -0.15) is 0 Å². The van der Waals surface area contributed by atoms with E-state index >= 15 is 0 Å². The molecule has 1 atom stereocenters. The Balaban J connectivity index is 1.74. The molecular formula is C32H34N4O9S. The number of para-hydroxylation sites is 1. The molecule has 1 aliphatic rings. The van der Waals surface area contributed by atoms with Crippen LogP contribution in [-0.2, 0) is 30.4 Å². The summed E-state index contributed by atoms with van der Waals surface area (Å²) in [7, 11) is 0. The summed E-state index contributed by atoms with van der Waals surface area (Å²) in [4.78, 5) is 58.2. The lowest BCUT2D eigenvalue weighted by molar-refractivity contribution is -0.384. The van der Waals surface area contributed by atoms with E-state index < -0.39 is 28.7 Å². The van der Waals surface area contributed by atoms with Crippen molar-refractivity contribution >= 4 is 35.4 Å². The monoisotopic (exact) mass is 650 g/mol. The highest BCUT2D eigenvalue weighted by atomic mass is 32.2. The number of esters is 3. The second-order valence-electron chi connectivity index (χ2n) is 9.76. The first-order valence-corrected chi connectivity index (χ1v) is 15.5. The zero-order chi connectivity index (χ0) is 33.2. The molecule has 0 bridgehead atoms. The number of H-pyrrole nitrogens is 1. The van der Waals surface area contributed by atoms with Crippen molar-refractivity contribution in [3.8, 4) is 5.75 Å². The molecule has 13 nitrogen and oxygen atoms in total. The van der Waals surface area contributed by atoms with E-state index in [1.54, 1.807) is 45.9 Å². The van der Waals surface area contributed by atoms with E-state index in [1.165, 1.54) is 30.0 Å². The molecule has 242 valence electrons. The highest BCUT2D eigenvalue weighted by Crippen LogP contribution is 2.41. The maximum atomic E-state index is 13.6. The van der Waals surface area contributed by atoms with E-state index in [1.807, 2.05) is 18.2 Å². The number of ether oxygens (including phenoxy) is 4. The zero-order valence-electron chi connectivity index (χ0n) is 25.8. The molecule has 0 saturated carbocycles. The van der Waals surface area contributed by atoms with Crippen LogP contribution in [0.2, 0.25) is 0 Å². The Morgan fingerprint density at radius 3 is 2.22 bits per heavy atom. The molecule has 0 fully saturated rings. The van der Waals surface area contributed by atoms with Gasteiger partial charge in [0.2, 0.25) is 0 Å².